The van der Waals surface area contributed by atoms with Crippen molar-refractivity contribution in [3.63, 3.8) is 0 Å². The zero-order valence-corrected chi connectivity index (χ0v) is 12.4. The van der Waals surface area contributed by atoms with Crippen molar-refractivity contribution in [3.05, 3.63) is 0 Å². The second kappa shape index (κ2) is 5.70. The Bertz CT molecular complexity index is 180. The molecule has 1 rings (SSSR count). The first-order valence-electron chi connectivity index (χ1n) is 6.59. The predicted molar refractivity (Wildman–Crippen MR) is 72.5 cm³/mol. The van der Waals surface area contributed by atoms with E-state index in [0.717, 1.165) is 16.7 Å². The lowest BCUT2D eigenvalue weighted by Crippen LogP contribution is -2.20. The summed E-state index contributed by atoms with van der Waals surface area (Å²) in [5.41, 5.74) is 0.517. The molecule has 0 spiro atoms. The Morgan fingerprint density at radius 2 is 1.80 bits per heavy atom. The number of hydrogen-bond acceptors (Lipinski definition) is 0. The van der Waals surface area contributed by atoms with E-state index in [4.69, 9.17) is 0 Å². The van der Waals surface area contributed by atoms with Crippen LogP contribution in [0.2, 0.25) is 0 Å². The predicted octanol–water partition coefficient (Wildman–Crippen LogP) is 5.40. The minimum absolute atomic E-state index is 0.517. The molecule has 0 bridgehead atoms. The van der Waals surface area contributed by atoms with Crippen molar-refractivity contribution < 1.29 is 0 Å². The fourth-order valence-corrected chi connectivity index (χ4v) is 3.42. The monoisotopic (exact) mass is 274 g/mol. The van der Waals surface area contributed by atoms with E-state index in [0.29, 0.717) is 5.41 Å². The lowest BCUT2D eigenvalue weighted by molar-refractivity contribution is 0.212. The van der Waals surface area contributed by atoms with Gasteiger partial charge in [-0.05, 0) is 49.4 Å². The van der Waals surface area contributed by atoms with E-state index in [9.17, 15) is 0 Å². The van der Waals surface area contributed by atoms with Gasteiger partial charge in [-0.25, -0.2) is 0 Å². The average molecular weight is 275 g/mol. The maximum atomic E-state index is 3.84. The van der Waals surface area contributed by atoms with Crippen LogP contribution in [0.5, 0.6) is 0 Å². The molecule has 0 aliphatic heterocycles. The summed E-state index contributed by atoms with van der Waals surface area (Å²) in [5, 5.41) is 0. The zero-order chi connectivity index (χ0) is 11.5. The highest BCUT2D eigenvalue weighted by Crippen LogP contribution is 2.40. The quantitative estimate of drug-likeness (QED) is 0.467. The van der Waals surface area contributed by atoms with Crippen molar-refractivity contribution in [2.45, 2.75) is 71.0 Å². The van der Waals surface area contributed by atoms with Crippen LogP contribution in [0.4, 0.5) is 0 Å². The first-order chi connectivity index (χ1) is 6.95. The van der Waals surface area contributed by atoms with Crippen LogP contribution in [0.25, 0.3) is 0 Å². The number of hydrogen-bond donors (Lipinski definition) is 0. The highest BCUT2D eigenvalue weighted by atomic mass is 79.9. The minimum Gasteiger partial charge on any atom is -0.0888 e. The van der Waals surface area contributed by atoms with Crippen molar-refractivity contribution in [1.82, 2.24) is 0 Å². The Kier molecular flexibility index (Phi) is 5.15. The molecule has 0 aromatic carbocycles. The Morgan fingerprint density at radius 3 is 2.33 bits per heavy atom. The number of rotatable bonds is 2. The van der Waals surface area contributed by atoms with Crippen LogP contribution in [0.1, 0.15) is 66.2 Å². The van der Waals surface area contributed by atoms with E-state index in [1.165, 1.54) is 38.5 Å². The third kappa shape index (κ3) is 4.09. The van der Waals surface area contributed by atoms with Gasteiger partial charge in [0.05, 0.1) is 0 Å². The van der Waals surface area contributed by atoms with Gasteiger partial charge in [-0.2, -0.15) is 0 Å². The molecule has 0 aromatic rings. The summed E-state index contributed by atoms with van der Waals surface area (Å²) in [6, 6.07) is 0. The molecule has 1 heteroatoms. The molecule has 1 saturated carbocycles. The molecule has 1 aliphatic carbocycles. The van der Waals surface area contributed by atoms with Crippen molar-refractivity contribution in [2.75, 3.05) is 0 Å². The summed E-state index contributed by atoms with van der Waals surface area (Å²) in [6.45, 7) is 9.52. The molecule has 0 N–H and O–H groups in total. The van der Waals surface area contributed by atoms with Gasteiger partial charge in [0.1, 0.15) is 0 Å². The van der Waals surface area contributed by atoms with Crippen LogP contribution in [0, 0.1) is 17.3 Å². The van der Waals surface area contributed by atoms with Gasteiger partial charge in [0.25, 0.3) is 0 Å². The van der Waals surface area contributed by atoms with Gasteiger partial charge in [0.2, 0.25) is 0 Å². The van der Waals surface area contributed by atoms with Crippen molar-refractivity contribution in [2.24, 2.45) is 17.3 Å². The average Bonchev–Trinajstić information content (AvgIpc) is 2.40. The minimum atomic E-state index is 0.517. The van der Waals surface area contributed by atoms with Crippen LogP contribution in [-0.4, -0.2) is 4.83 Å². The Hall–Kier alpha value is 0.480. The molecular formula is C14H27Br. The number of alkyl halides is 1. The summed E-state index contributed by atoms with van der Waals surface area (Å²) in [7, 11) is 0. The van der Waals surface area contributed by atoms with E-state index in [1.807, 2.05) is 0 Å². The van der Waals surface area contributed by atoms with Crippen LogP contribution < -0.4 is 0 Å². The van der Waals surface area contributed by atoms with Crippen molar-refractivity contribution in [1.29, 1.82) is 0 Å². The molecule has 1 aliphatic rings. The Balaban J connectivity index is 2.49. The summed E-state index contributed by atoms with van der Waals surface area (Å²) < 4.78 is 0. The van der Waals surface area contributed by atoms with Crippen LogP contribution in [-0.2, 0) is 0 Å². The summed E-state index contributed by atoms with van der Waals surface area (Å²) >= 11 is 3.84. The largest absolute Gasteiger partial charge is 0.0888 e. The third-order valence-electron chi connectivity index (χ3n) is 4.14. The maximum Gasteiger partial charge on any atom is 0.0171 e. The maximum absolute atomic E-state index is 3.84. The van der Waals surface area contributed by atoms with Gasteiger partial charge >= 0.3 is 0 Å². The lowest BCUT2D eigenvalue weighted by Gasteiger charge is -2.30. The molecule has 90 valence electrons. The first-order valence-corrected chi connectivity index (χ1v) is 7.50. The second-order valence-corrected chi connectivity index (χ2v) is 7.43. The molecule has 0 heterocycles. The summed E-state index contributed by atoms with van der Waals surface area (Å²) in [4.78, 5) is 0.760. The van der Waals surface area contributed by atoms with E-state index >= 15 is 0 Å². The van der Waals surface area contributed by atoms with Crippen LogP contribution >= 0.6 is 15.9 Å². The second-order valence-electron chi connectivity index (χ2n) is 6.26. The lowest BCUT2D eigenvalue weighted by atomic mass is 9.76. The fourth-order valence-electron chi connectivity index (χ4n) is 2.89. The van der Waals surface area contributed by atoms with Gasteiger partial charge in [-0.1, -0.05) is 50.0 Å². The van der Waals surface area contributed by atoms with Crippen molar-refractivity contribution in [3.8, 4) is 0 Å². The normalized spacial score (nSPS) is 31.0. The molecule has 0 radical (unpaired) electrons. The highest BCUT2D eigenvalue weighted by Gasteiger charge is 2.29. The topological polar surface area (TPSA) is 0 Å². The molecule has 3 unspecified atom stereocenters. The molecule has 15 heavy (non-hydrogen) atoms. The fraction of sp³-hybridized carbons (Fsp3) is 1.00. The molecule has 3 atom stereocenters. The highest BCUT2D eigenvalue weighted by molar-refractivity contribution is 9.09. The third-order valence-corrected chi connectivity index (χ3v) is 5.53. The van der Waals surface area contributed by atoms with E-state index < -0.39 is 0 Å². The smallest absolute Gasteiger partial charge is 0.0171 e. The van der Waals surface area contributed by atoms with E-state index in [1.54, 1.807) is 0 Å². The van der Waals surface area contributed by atoms with Crippen molar-refractivity contribution >= 4 is 15.9 Å². The molecular weight excluding hydrogens is 248 g/mol. The van der Waals surface area contributed by atoms with E-state index in [-0.39, 0.29) is 0 Å². The molecule has 1 fully saturated rings. The van der Waals surface area contributed by atoms with Gasteiger partial charge in [-0.15, -0.1) is 0 Å². The number of halogens is 1. The van der Waals surface area contributed by atoms with Gasteiger partial charge < -0.3 is 0 Å². The molecule has 0 aromatic heterocycles. The molecule has 0 amide bonds. The standard InChI is InChI=1S/C14H27Br/c1-5-13(15)11-7-6-8-12(10-9-11)14(2,3)4/h11-13H,5-10H2,1-4H3. The van der Waals surface area contributed by atoms with Gasteiger partial charge in [-0.3, -0.25) is 0 Å². The molecule has 0 saturated heterocycles. The summed E-state index contributed by atoms with van der Waals surface area (Å²) in [6.07, 6.45) is 8.49. The van der Waals surface area contributed by atoms with Crippen LogP contribution in [0.3, 0.4) is 0 Å². The Morgan fingerprint density at radius 1 is 1.13 bits per heavy atom. The molecule has 0 nitrogen and oxygen atoms in total. The van der Waals surface area contributed by atoms with Crippen LogP contribution in [0.15, 0.2) is 0 Å². The SMILES string of the molecule is CCC(Br)C1CCCC(C(C)(C)C)CC1. The Labute approximate surface area is 104 Å². The van der Waals surface area contributed by atoms with Gasteiger partial charge in [0.15, 0.2) is 0 Å². The van der Waals surface area contributed by atoms with E-state index in [2.05, 4.69) is 43.6 Å². The zero-order valence-electron chi connectivity index (χ0n) is 10.9. The summed E-state index contributed by atoms with van der Waals surface area (Å²) in [5.74, 6) is 1.88. The van der Waals surface area contributed by atoms with Gasteiger partial charge in [0, 0.05) is 4.83 Å². The first kappa shape index (κ1) is 13.5.